The molecule has 0 radical (unpaired) electrons. The van der Waals surface area contributed by atoms with Crippen LogP contribution in [0.3, 0.4) is 0 Å². The fourth-order valence-electron chi connectivity index (χ4n) is 2.56. The zero-order valence-electron chi connectivity index (χ0n) is 10.8. The van der Waals surface area contributed by atoms with E-state index in [0.29, 0.717) is 5.92 Å². The van der Waals surface area contributed by atoms with Gasteiger partial charge in [0.2, 0.25) is 0 Å². The highest BCUT2D eigenvalue weighted by Gasteiger charge is 2.27. The monoisotopic (exact) mass is 240 g/mol. The predicted octanol–water partition coefficient (Wildman–Crippen LogP) is 0.0245. The zero-order valence-corrected chi connectivity index (χ0v) is 10.8. The minimum absolute atomic E-state index is 0.230. The molecule has 17 heavy (non-hydrogen) atoms. The van der Waals surface area contributed by atoms with Crippen LogP contribution < -0.4 is 5.73 Å². The summed E-state index contributed by atoms with van der Waals surface area (Å²) in [6.07, 6.45) is 2.13. The number of rotatable bonds is 1. The van der Waals surface area contributed by atoms with Crippen LogP contribution in [0.1, 0.15) is 12.8 Å². The third-order valence-electron chi connectivity index (χ3n) is 3.99. The van der Waals surface area contributed by atoms with Gasteiger partial charge in [-0.1, -0.05) is 0 Å². The Morgan fingerprint density at radius 1 is 1.06 bits per heavy atom. The van der Waals surface area contributed by atoms with Crippen LogP contribution in [-0.2, 0) is 0 Å². The maximum Gasteiger partial charge on any atom is 0.320 e. The van der Waals surface area contributed by atoms with Crippen molar-refractivity contribution in [2.75, 3.05) is 52.9 Å². The summed E-state index contributed by atoms with van der Waals surface area (Å²) >= 11 is 0. The molecule has 0 aromatic heterocycles. The first-order valence-corrected chi connectivity index (χ1v) is 6.63. The third kappa shape index (κ3) is 3.10. The molecule has 0 aromatic carbocycles. The van der Waals surface area contributed by atoms with E-state index in [4.69, 9.17) is 5.73 Å². The molecule has 2 rings (SSSR count). The molecule has 0 saturated carbocycles. The van der Waals surface area contributed by atoms with Crippen molar-refractivity contribution in [1.82, 2.24) is 14.7 Å². The number of likely N-dealkylation sites (tertiary alicyclic amines) is 1. The van der Waals surface area contributed by atoms with E-state index >= 15 is 0 Å². The van der Waals surface area contributed by atoms with E-state index in [1.54, 1.807) is 0 Å². The van der Waals surface area contributed by atoms with Crippen LogP contribution in [-0.4, -0.2) is 73.6 Å². The van der Waals surface area contributed by atoms with E-state index in [0.717, 1.165) is 58.7 Å². The average molecular weight is 240 g/mol. The van der Waals surface area contributed by atoms with Crippen molar-refractivity contribution >= 4 is 6.03 Å². The highest BCUT2D eigenvalue weighted by Crippen LogP contribution is 2.17. The first-order chi connectivity index (χ1) is 8.20. The molecule has 2 aliphatic rings. The van der Waals surface area contributed by atoms with Gasteiger partial charge in [0.1, 0.15) is 0 Å². The van der Waals surface area contributed by atoms with Crippen LogP contribution in [0, 0.1) is 5.92 Å². The van der Waals surface area contributed by atoms with Crippen LogP contribution in [0.25, 0.3) is 0 Å². The Balaban J connectivity index is 1.80. The summed E-state index contributed by atoms with van der Waals surface area (Å²) in [6.45, 7) is 6.24. The SMILES string of the molecule is CN1CCN(C(=O)N2CCC(CN)CC2)CC1. The third-order valence-corrected chi connectivity index (χ3v) is 3.99. The molecule has 0 unspecified atom stereocenters. The number of hydrogen-bond donors (Lipinski definition) is 1. The first kappa shape index (κ1) is 12.6. The molecular weight excluding hydrogens is 216 g/mol. The molecule has 0 bridgehead atoms. The van der Waals surface area contributed by atoms with Gasteiger partial charge in [-0.25, -0.2) is 4.79 Å². The Morgan fingerprint density at radius 3 is 2.12 bits per heavy atom. The van der Waals surface area contributed by atoms with Gasteiger partial charge in [-0.2, -0.15) is 0 Å². The zero-order chi connectivity index (χ0) is 12.3. The van der Waals surface area contributed by atoms with Gasteiger partial charge in [0.25, 0.3) is 0 Å². The van der Waals surface area contributed by atoms with Gasteiger partial charge in [-0.3, -0.25) is 0 Å². The fourth-order valence-corrected chi connectivity index (χ4v) is 2.56. The van der Waals surface area contributed by atoms with E-state index in [1.807, 2.05) is 9.80 Å². The number of nitrogens with zero attached hydrogens (tertiary/aromatic N) is 3. The van der Waals surface area contributed by atoms with Crippen LogP contribution >= 0.6 is 0 Å². The molecule has 5 heteroatoms. The van der Waals surface area contributed by atoms with E-state index < -0.39 is 0 Å². The molecule has 0 aliphatic carbocycles. The van der Waals surface area contributed by atoms with E-state index in [2.05, 4.69) is 11.9 Å². The Hall–Kier alpha value is -0.810. The summed E-state index contributed by atoms with van der Waals surface area (Å²) in [4.78, 5) is 18.5. The van der Waals surface area contributed by atoms with Crippen molar-refractivity contribution in [2.24, 2.45) is 11.7 Å². The summed E-state index contributed by atoms with van der Waals surface area (Å²) in [5, 5.41) is 0. The second kappa shape index (κ2) is 5.69. The number of piperidine rings is 1. The van der Waals surface area contributed by atoms with Gasteiger partial charge >= 0.3 is 6.03 Å². The molecule has 2 amide bonds. The van der Waals surface area contributed by atoms with Crippen LogP contribution in [0.15, 0.2) is 0 Å². The average Bonchev–Trinajstić information content (AvgIpc) is 2.39. The number of nitrogens with two attached hydrogens (primary N) is 1. The molecule has 98 valence electrons. The largest absolute Gasteiger partial charge is 0.330 e. The van der Waals surface area contributed by atoms with Gasteiger partial charge in [0.05, 0.1) is 0 Å². The predicted molar refractivity (Wildman–Crippen MR) is 67.8 cm³/mol. The minimum atomic E-state index is 0.230. The molecule has 2 heterocycles. The Bertz CT molecular complexity index is 255. The summed E-state index contributed by atoms with van der Waals surface area (Å²) in [6, 6.07) is 0.230. The van der Waals surface area contributed by atoms with Gasteiger partial charge in [0.15, 0.2) is 0 Å². The summed E-state index contributed by atoms with van der Waals surface area (Å²) in [5.74, 6) is 0.617. The number of likely N-dealkylation sites (N-methyl/N-ethyl adjacent to an activating group) is 1. The number of amides is 2. The van der Waals surface area contributed by atoms with Crippen molar-refractivity contribution < 1.29 is 4.79 Å². The summed E-state index contributed by atoms with van der Waals surface area (Å²) in [5.41, 5.74) is 5.66. The molecular formula is C12H24N4O. The molecule has 0 atom stereocenters. The van der Waals surface area contributed by atoms with Gasteiger partial charge in [-0.15, -0.1) is 0 Å². The normalized spacial score (nSPS) is 24.1. The number of carbonyl (C=O) groups is 1. The quantitative estimate of drug-likeness (QED) is 0.703. The molecule has 2 fully saturated rings. The first-order valence-electron chi connectivity index (χ1n) is 6.63. The lowest BCUT2D eigenvalue weighted by Gasteiger charge is -2.38. The number of piperazine rings is 1. The molecule has 2 saturated heterocycles. The highest BCUT2D eigenvalue weighted by molar-refractivity contribution is 5.74. The van der Waals surface area contributed by atoms with Crippen LogP contribution in [0.4, 0.5) is 4.79 Å². The van der Waals surface area contributed by atoms with Gasteiger partial charge < -0.3 is 20.4 Å². The second-order valence-electron chi connectivity index (χ2n) is 5.24. The molecule has 5 nitrogen and oxygen atoms in total. The second-order valence-corrected chi connectivity index (χ2v) is 5.24. The number of urea groups is 1. The standard InChI is InChI=1S/C12H24N4O/c1-14-6-8-16(9-7-14)12(17)15-4-2-11(10-13)3-5-15/h11H,2-10,13H2,1H3. The van der Waals surface area contributed by atoms with Gasteiger partial charge in [0, 0.05) is 39.3 Å². The Kier molecular flexibility index (Phi) is 4.23. The maximum atomic E-state index is 12.3. The lowest BCUT2D eigenvalue weighted by molar-refractivity contribution is 0.109. The highest BCUT2D eigenvalue weighted by atomic mass is 16.2. The van der Waals surface area contributed by atoms with Gasteiger partial charge in [-0.05, 0) is 32.4 Å². The van der Waals surface area contributed by atoms with Crippen LogP contribution in [0.2, 0.25) is 0 Å². The van der Waals surface area contributed by atoms with Crippen molar-refractivity contribution in [3.63, 3.8) is 0 Å². The number of carbonyl (C=O) groups excluding carboxylic acids is 1. The van der Waals surface area contributed by atoms with Crippen molar-refractivity contribution in [3.8, 4) is 0 Å². The summed E-state index contributed by atoms with van der Waals surface area (Å²) in [7, 11) is 2.11. The smallest absolute Gasteiger partial charge is 0.320 e. The number of hydrogen-bond acceptors (Lipinski definition) is 3. The lowest BCUT2D eigenvalue weighted by atomic mass is 9.97. The van der Waals surface area contributed by atoms with E-state index in [-0.39, 0.29) is 6.03 Å². The fraction of sp³-hybridized carbons (Fsp3) is 0.917. The molecule has 0 aromatic rings. The topological polar surface area (TPSA) is 52.8 Å². The Labute approximate surface area is 104 Å². The van der Waals surface area contributed by atoms with Crippen LogP contribution in [0.5, 0.6) is 0 Å². The van der Waals surface area contributed by atoms with Crippen molar-refractivity contribution in [1.29, 1.82) is 0 Å². The minimum Gasteiger partial charge on any atom is -0.330 e. The molecule has 2 aliphatic heterocycles. The van der Waals surface area contributed by atoms with Crippen molar-refractivity contribution in [2.45, 2.75) is 12.8 Å². The molecule has 0 spiro atoms. The van der Waals surface area contributed by atoms with E-state index in [1.165, 1.54) is 0 Å². The van der Waals surface area contributed by atoms with Crippen molar-refractivity contribution in [3.05, 3.63) is 0 Å². The van der Waals surface area contributed by atoms with E-state index in [9.17, 15) is 4.79 Å². The molecule has 2 N–H and O–H groups in total. The summed E-state index contributed by atoms with van der Waals surface area (Å²) < 4.78 is 0. The lowest BCUT2D eigenvalue weighted by Crippen LogP contribution is -2.53. The maximum absolute atomic E-state index is 12.3. The Morgan fingerprint density at radius 2 is 1.59 bits per heavy atom.